The monoisotopic (exact) mass is 238 g/mol. The number of hydrogen-bond acceptors (Lipinski definition) is 3. The average molecular weight is 238 g/mol. The maximum absolute atomic E-state index is 13.6. The summed E-state index contributed by atoms with van der Waals surface area (Å²) in [4.78, 5) is 23.0. The summed E-state index contributed by atoms with van der Waals surface area (Å²) in [6.45, 7) is 5.03. The van der Waals surface area contributed by atoms with Crippen molar-refractivity contribution in [2.24, 2.45) is 0 Å². The fraction of sp³-hybridized carbons (Fsp3) is 0.385. The largest absolute Gasteiger partial charge is 0.463 e. The number of benzene rings is 1. The second kappa shape index (κ2) is 5.57. The highest BCUT2D eigenvalue weighted by Gasteiger charge is 2.30. The number of alkyl halides is 1. The maximum Gasteiger partial charge on any atom is 0.348 e. The number of rotatable bonds is 4. The summed E-state index contributed by atoms with van der Waals surface area (Å²) in [6, 6.07) is 5.19. The van der Waals surface area contributed by atoms with Gasteiger partial charge in [-0.2, -0.15) is 0 Å². The number of aryl methyl sites for hydroxylation is 2. The number of carbonyl (C=O) groups excluding carboxylic acids is 2. The van der Waals surface area contributed by atoms with Crippen molar-refractivity contribution in [2.45, 2.75) is 26.9 Å². The molecule has 0 fully saturated rings. The van der Waals surface area contributed by atoms with Crippen LogP contribution in [-0.2, 0) is 9.53 Å². The summed E-state index contributed by atoms with van der Waals surface area (Å²) in [5.41, 5.74) is 1.57. The zero-order chi connectivity index (χ0) is 13.0. The summed E-state index contributed by atoms with van der Waals surface area (Å²) in [6.07, 6.45) is -2.24. The van der Waals surface area contributed by atoms with Crippen LogP contribution < -0.4 is 0 Å². The van der Waals surface area contributed by atoms with Gasteiger partial charge in [-0.05, 0) is 31.9 Å². The zero-order valence-corrected chi connectivity index (χ0v) is 10.1. The van der Waals surface area contributed by atoms with E-state index in [2.05, 4.69) is 4.74 Å². The predicted octanol–water partition coefficient (Wildman–Crippen LogP) is 2.39. The van der Waals surface area contributed by atoms with Gasteiger partial charge in [-0.3, -0.25) is 4.79 Å². The van der Waals surface area contributed by atoms with Crippen molar-refractivity contribution < 1.29 is 18.7 Å². The highest BCUT2D eigenvalue weighted by molar-refractivity contribution is 6.12. The van der Waals surface area contributed by atoms with E-state index in [4.69, 9.17) is 0 Å². The molecule has 1 aromatic carbocycles. The third-order valence-electron chi connectivity index (χ3n) is 2.45. The van der Waals surface area contributed by atoms with Crippen molar-refractivity contribution in [1.29, 1.82) is 0 Å². The molecule has 0 radical (unpaired) electrons. The van der Waals surface area contributed by atoms with Gasteiger partial charge in [-0.1, -0.05) is 18.2 Å². The van der Waals surface area contributed by atoms with Crippen LogP contribution >= 0.6 is 0 Å². The zero-order valence-electron chi connectivity index (χ0n) is 10.1. The summed E-state index contributed by atoms with van der Waals surface area (Å²) >= 11 is 0. The molecular weight excluding hydrogens is 223 g/mol. The fourth-order valence-electron chi connectivity index (χ4n) is 1.65. The van der Waals surface area contributed by atoms with Crippen molar-refractivity contribution in [3.05, 3.63) is 34.9 Å². The molecule has 0 N–H and O–H groups in total. The first-order valence-electron chi connectivity index (χ1n) is 5.40. The van der Waals surface area contributed by atoms with Crippen LogP contribution in [0.25, 0.3) is 0 Å². The van der Waals surface area contributed by atoms with Gasteiger partial charge < -0.3 is 4.74 Å². The van der Waals surface area contributed by atoms with Crippen LogP contribution in [0.15, 0.2) is 18.2 Å². The highest BCUT2D eigenvalue weighted by atomic mass is 19.1. The van der Waals surface area contributed by atoms with E-state index < -0.39 is 17.9 Å². The number of hydrogen-bond donors (Lipinski definition) is 0. The van der Waals surface area contributed by atoms with Crippen molar-refractivity contribution >= 4 is 11.8 Å². The molecule has 0 saturated carbocycles. The van der Waals surface area contributed by atoms with Gasteiger partial charge in [0.25, 0.3) is 6.17 Å². The van der Waals surface area contributed by atoms with Crippen LogP contribution in [0.5, 0.6) is 0 Å². The molecule has 17 heavy (non-hydrogen) atoms. The van der Waals surface area contributed by atoms with Crippen LogP contribution in [0.4, 0.5) is 4.39 Å². The molecule has 0 aliphatic carbocycles. The van der Waals surface area contributed by atoms with Gasteiger partial charge in [0.15, 0.2) is 0 Å². The highest BCUT2D eigenvalue weighted by Crippen LogP contribution is 2.17. The summed E-state index contributed by atoms with van der Waals surface area (Å²) in [5, 5.41) is 0. The quantitative estimate of drug-likeness (QED) is 0.459. The van der Waals surface area contributed by atoms with Gasteiger partial charge in [0.05, 0.1) is 6.61 Å². The molecule has 1 aromatic rings. The molecule has 0 aliphatic heterocycles. The lowest BCUT2D eigenvalue weighted by Gasteiger charge is -2.11. The minimum Gasteiger partial charge on any atom is -0.463 e. The molecule has 0 spiro atoms. The first-order valence-corrected chi connectivity index (χ1v) is 5.40. The Balaban J connectivity index is 3.01. The van der Waals surface area contributed by atoms with Crippen LogP contribution in [0, 0.1) is 13.8 Å². The summed E-state index contributed by atoms with van der Waals surface area (Å²) in [5.74, 6) is -1.96. The van der Waals surface area contributed by atoms with Crippen LogP contribution in [-0.4, -0.2) is 24.5 Å². The number of halogens is 1. The molecule has 0 heterocycles. The van der Waals surface area contributed by atoms with Gasteiger partial charge in [-0.15, -0.1) is 0 Å². The Kier molecular flexibility index (Phi) is 4.37. The molecule has 0 aromatic heterocycles. The topological polar surface area (TPSA) is 43.4 Å². The van der Waals surface area contributed by atoms with Crippen molar-refractivity contribution in [3.63, 3.8) is 0 Å². The van der Waals surface area contributed by atoms with Crippen molar-refractivity contribution in [1.82, 2.24) is 0 Å². The van der Waals surface area contributed by atoms with Gasteiger partial charge in [0.1, 0.15) is 0 Å². The maximum atomic E-state index is 13.6. The first-order chi connectivity index (χ1) is 7.99. The molecule has 0 saturated heterocycles. The SMILES string of the molecule is CCOC(=O)C(F)C(=O)c1c(C)cccc1C. The van der Waals surface area contributed by atoms with E-state index in [0.717, 1.165) is 0 Å². The van der Waals surface area contributed by atoms with Gasteiger partial charge in [0, 0.05) is 5.56 Å². The normalized spacial score (nSPS) is 12.0. The second-order valence-electron chi connectivity index (χ2n) is 3.75. The Morgan fingerprint density at radius 1 is 1.29 bits per heavy atom. The molecule has 0 aliphatic rings. The van der Waals surface area contributed by atoms with Crippen LogP contribution in [0.2, 0.25) is 0 Å². The van der Waals surface area contributed by atoms with Gasteiger partial charge in [-0.25, -0.2) is 9.18 Å². The standard InChI is InChI=1S/C13H15FO3/c1-4-17-13(16)11(14)12(15)10-8(2)6-5-7-9(10)3/h5-7,11H,4H2,1-3H3. The lowest BCUT2D eigenvalue weighted by Crippen LogP contribution is -2.29. The fourth-order valence-corrected chi connectivity index (χ4v) is 1.65. The van der Waals surface area contributed by atoms with E-state index in [-0.39, 0.29) is 12.2 Å². The molecule has 1 rings (SSSR count). The van der Waals surface area contributed by atoms with Gasteiger partial charge in [0.2, 0.25) is 5.78 Å². The molecule has 1 unspecified atom stereocenters. The number of Topliss-reactive ketones (excluding diaryl/α,β-unsaturated/α-hetero) is 1. The lowest BCUT2D eigenvalue weighted by molar-refractivity contribution is -0.147. The first kappa shape index (κ1) is 13.4. The molecule has 4 heteroatoms. The Morgan fingerprint density at radius 2 is 1.82 bits per heavy atom. The van der Waals surface area contributed by atoms with E-state index in [1.165, 1.54) is 0 Å². The third-order valence-corrected chi connectivity index (χ3v) is 2.45. The molecule has 1 atom stereocenters. The van der Waals surface area contributed by atoms with Crippen molar-refractivity contribution in [3.8, 4) is 0 Å². The second-order valence-corrected chi connectivity index (χ2v) is 3.75. The minimum absolute atomic E-state index is 0.0548. The Morgan fingerprint density at radius 3 is 2.29 bits per heavy atom. The molecule has 3 nitrogen and oxygen atoms in total. The molecular formula is C13H15FO3. The predicted molar refractivity (Wildman–Crippen MR) is 61.8 cm³/mol. The van der Waals surface area contributed by atoms with Crippen LogP contribution in [0.3, 0.4) is 0 Å². The van der Waals surface area contributed by atoms with Gasteiger partial charge >= 0.3 is 5.97 Å². The average Bonchev–Trinajstić information content (AvgIpc) is 2.27. The Labute approximate surface area is 99.6 Å². The number of carbonyl (C=O) groups is 2. The Bertz CT molecular complexity index is 420. The number of ether oxygens (including phenoxy) is 1. The molecule has 92 valence electrons. The summed E-state index contributed by atoms with van der Waals surface area (Å²) in [7, 11) is 0. The summed E-state index contributed by atoms with van der Waals surface area (Å²) < 4.78 is 18.1. The smallest absolute Gasteiger partial charge is 0.348 e. The van der Waals surface area contributed by atoms with E-state index in [1.54, 1.807) is 39.0 Å². The van der Waals surface area contributed by atoms with Crippen molar-refractivity contribution in [2.75, 3.05) is 6.61 Å². The minimum atomic E-state index is -2.24. The van der Waals surface area contributed by atoms with E-state index in [0.29, 0.717) is 11.1 Å². The van der Waals surface area contributed by atoms with Crippen LogP contribution in [0.1, 0.15) is 28.4 Å². The number of ketones is 1. The van der Waals surface area contributed by atoms with E-state index >= 15 is 0 Å². The Hall–Kier alpha value is -1.71. The molecule has 0 amide bonds. The van der Waals surface area contributed by atoms with E-state index in [1.807, 2.05) is 0 Å². The number of esters is 1. The lowest BCUT2D eigenvalue weighted by atomic mass is 9.97. The molecule has 0 bridgehead atoms. The van der Waals surface area contributed by atoms with E-state index in [9.17, 15) is 14.0 Å². The third kappa shape index (κ3) is 2.90.